The zero-order chi connectivity index (χ0) is 14.5. The monoisotopic (exact) mass is 289 g/mol. The predicted octanol–water partition coefficient (Wildman–Crippen LogP) is 3.12. The van der Waals surface area contributed by atoms with Gasteiger partial charge in [-0.25, -0.2) is 4.98 Å². The molecule has 0 aliphatic carbocycles. The number of thiazole rings is 1. The van der Waals surface area contributed by atoms with Gasteiger partial charge in [0, 0.05) is 23.2 Å². The molecule has 2 rings (SSSR count). The van der Waals surface area contributed by atoms with Gasteiger partial charge in [-0.15, -0.1) is 11.3 Å². The third kappa shape index (κ3) is 3.57. The number of hydrogen-bond acceptors (Lipinski definition) is 4. The molecule has 1 aromatic heterocycles. The summed E-state index contributed by atoms with van der Waals surface area (Å²) in [6.07, 6.45) is 0. The van der Waals surface area contributed by atoms with E-state index in [1.54, 1.807) is 11.3 Å². The van der Waals surface area contributed by atoms with E-state index in [0.29, 0.717) is 12.1 Å². The fourth-order valence-electron chi connectivity index (χ4n) is 1.99. The van der Waals surface area contributed by atoms with Gasteiger partial charge in [-0.2, -0.15) is 0 Å². The first-order valence-electron chi connectivity index (χ1n) is 6.64. The number of nitrogens with one attached hydrogen (secondary N) is 2. The minimum absolute atomic E-state index is 0.0591. The molecule has 0 saturated carbocycles. The van der Waals surface area contributed by atoms with E-state index < -0.39 is 0 Å². The summed E-state index contributed by atoms with van der Waals surface area (Å²) in [5.74, 6) is -0.0591. The molecule has 5 heteroatoms. The largest absolute Gasteiger partial charge is 0.385 e. The Balaban J connectivity index is 2.01. The average molecular weight is 289 g/mol. The van der Waals surface area contributed by atoms with Crippen LogP contribution in [0.5, 0.6) is 0 Å². The van der Waals surface area contributed by atoms with Crippen molar-refractivity contribution in [2.24, 2.45) is 0 Å². The van der Waals surface area contributed by atoms with E-state index in [1.165, 1.54) is 0 Å². The number of carbonyl (C=O) groups is 1. The van der Waals surface area contributed by atoms with Crippen LogP contribution < -0.4 is 10.6 Å². The molecule has 1 amide bonds. The maximum Gasteiger partial charge on any atom is 0.251 e. The van der Waals surface area contributed by atoms with Gasteiger partial charge in [0.25, 0.3) is 5.91 Å². The molecule has 0 atom stereocenters. The highest BCUT2D eigenvalue weighted by Crippen LogP contribution is 2.15. The first-order chi connectivity index (χ1) is 9.60. The van der Waals surface area contributed by atoms with Crippen LogP contribution in [-0.2, 0) is 6.54 Å². The fourth-order valence-corrected chi connectivity index (χ4v) is 2.60. The van der Waals surface area contributed by atoms with Crippen molar-refractivity contribution in [3.05, 3.63) is 45.4 Å². The molecule has 0 saturated heterocycles. The minimum atomic E-state index is -0.0591. The minimum Gasteiger partial charge on any atom is -0.385 e. The number of carbonyl (C=O) groups excluding carboxylic acids is 1. The van der Waals surface area contributed by atoms with Crippen LogP contribution in [0.15, 0.2) is 23.6 Å². The van der Waals surface area contributed by atoms with Crippen molar-refractivity contribution < 1.29 is 4.79 Å². The van der Waals surface area contributed by atoms with Crippen molar-refractivity contribution in [2.45, 2.75) is 27.3 Å². The maximum absolute atomic E-state index is 12.2. The van der Waals surface area contributed by atoms with E-state index in [4.69, 9.17) is 0 Å². The second kappa shape index (κ2) is 6.52. The van der Waals surface area contributed by atoms with E-state index in [2.05, 4.69) is 15.6 Å². The van der Waals surface area contributed by atoms with Crippen LogP contribution in [0.3, 0.4) is 0 Å². The second-order valence-electron chi connectivity index (χ2n) is 4.60. The predicted molar refractivity (Wildman–Crippen MR) is 83.4 cm³/mol. The molecule has 0 aliphatic heterocycles. The number of nitrogens with zero attached hydrogens (tertiary/aromatic N) is 1. The molecule has 0 aliphatic rings. The molecule has 2 N–H and O–H groups in total. The van der Waals surface area contributed by atoms with Crippen molar-refractivity contribution in [1.29, 1.82) is 0 Å². The van der Waals surface area contributed by atoms with Crippen LogP contribution in [0.25, 0.3) is 0 Å². The molecule has 4 nitrogen and oxygen atoms in total. The lowest BCUT2D eigenvalue weighted by atomic mass is 10.1. The summed E-state index contributed by atoms with van der Waals surface area (Å²) < 4.78 is 0. The van der Waals surface area contributed by atoms with Gasteiger partial charge in [0.1, 0.15) is 0 Å². The summed E-state index contributed by atoms with van der Waals surface area (Å²) in [5.41, 5.74) is 3.62. The molecular formula is C15H19N3OS. The first-order valence-corrected chi connectivity index (χ1v) is 7.52. The zero-order valence-corrected chi connectivity index (χ0v) is 12.8. The molecule has 2 aromatic rings. The first kappa shape index (κ1) is 14.5. The Labute approximate surface area is 123 Å². The lowest BCUT2D eigenvalue weighted by Gasteiger charge is -2.09. The third-order valence-corrected chi connectivity index (χ3v) is 3.77. The van der Waals surface area contributed by atoms with Crippen molar-refractivity contribution in [3.63, 3.8) is 0 Å². The highest BCUT2D eigenvalue weighted by Gasteiger charge is 2.09. The summed E-state index contributed by atoms with van der Waals surface area (Å²) >= 11 is 1.59. The Hall–Kier alpha value is -1.88. The Kier molecular flexibility index (Phi) is 4.74. The summed E-state index contributed by atoms with van der Waals surface area (Å²) in [4.78, 5) is 16.5. The molecule has 0 radical (unpaired) electrons. The maximum atomic E-state index is 12.2. The van der Waals surface area contributed by atoms with Crippen LogP contribution in [0.4, 0.5) is 5.69 Å². The van der Waals surface area contributed by atoms with Crippen molar-refractivity contribution in [1.82, 2.24) is 10.3 Å². The van der Waals surface area contributed by atoms with E-state index in [1.807, 2.05) is 44.4 Å². The number of aromatic nitrogens is 1. The Morgan fingerprint density at radius 1 is 1.35 bits per heavy atom. The van der Waals surface area contributed by atoms with E-state index >= 15 is 0 Å². The lowest BCUT2D eigenvalue weighted by Crippen LogP contribution is -2.23. The van der Waals surface area contributed by atoms with Crippen LogP contribution in [0, 0.1) is 13.8 Å². The van der Waals surface area contributed by atoms with Gasteiger partial charge in [-0.3, -0.25) is 4.79 Å². The normalized spacial score (nSPS) is 10.3. The zero-order valence-electron chi connectivity index (χ0n) is 12.0. The summed E-state index contributed by atoms with van der Waals surface area (Å²) in [6, 6.07) is 5.78. The van der Waals surface area contributed by atoms with Crippen molar-refractivity contribution >= 4 is 22.9 Å². The number of benzene rings is 1. The van der Waals surface area contributed by atoms with E-state index in [9.17, 15) is 4.79 Å². The molecule has 1 aromatic carbocycles. The Morgan fingerprint density at radius 2 is 2.15 bits per heavy atom. The molecule has 20 heavy (non-hydrogen) atoms. The standard InChI is InChI=1S/C15H19N3OS/c1-4-16-12-5-6-14(10(2)7-12)15(19)17-8-13-9-20-11(3)18-13/h5-7,9,16H,4,8H2,1-3H3,(H,17,19). The van der Waals surface area contributed by atoms with Crippen LogP contribution in [0.1, 0.15) is 33.5 Å². The van der Waals surface area contributed by atoms with Gasteiger partial charge in [0.05, 0.1) is 17.2 Å². The van der Waals surface area contributed by atoms with Gasteiger partial charge in [-0.05, 0) is 44.5 Å². The third-order valence-electron chi connectivity index (χ3n) is 2.95. The summed E-state index contributed by atoms with van der Waals surface area (Å²) in [7, 11) is 0. The Morgan fingerprint density at radius 3 is 2.75 bits per heavy atom. The fraction of sp³-hybridized carbons (Fsp3) is 0.333. The van der Waals surface area contributed by atoms with E-state index in [0.717, 1.165) is 28.5 Å². The Bertz CT molecular complexity index is 607. The van der Waals surface area contributed by atoms with Crippen LogP contribution in [-0.4, -0.2) is 17.4 Å². The second-order valence-corrected chi connectivity index (χ2v) is 5.66. The van der Waals surface area contributed by atoms with Crippen LogP contribution >= 0.6 is 11.3 Å². The molecule has 0 unspecified atom stereocenters. The molecule has 0 fully saturated rings. The summed E-state index contributed by atoms with van der Waals surface area (Å²) in [5, 5.41) is 9.12. The number of rotatable bonds is 5. The quantitative estimate of drug-likeness (QED) is 0.889. The number of amides is 1. The average Bonchev–Trinajstić information content (AvgIpc) is 2.82. The molecule has 106 valence electrons. The van der Waals surface area contributed by atoms with Gasteiger partial charge >= 0.3 is 0 Å². The van der Waals surface area contributed by atoms with E-state index in [-0.39, 0.29) is 5.91 Å². The van der Waals surface area contributed by atoms with Gasteiger partial charge in [-0.1, -0.05) is 0 Å². The number of aryl methyl sites for hydroxylation is 2. The van der Waals surface area contributed by atoms with Crippen LogP contribution in [0.2, 0.25) is 0 Å². The smallest absolute Gasteiger partial charge is 0.251 e. The number of anilines is 1. The summed E-state index contributed by atoms with van der Waals surface area (Å²) in [6.45, 7) is 7.29. The number of hydrogen-bond donors (Lipinski definition) is 2. The molecule has 0 bridgehead atoms. The topological polar surface area (TPSA) is 54.0 Å². The SMILES string of the molecule is CCNc1ccc(C(=O)NCc2csc(C)n2)c(C)c1. The van der Waals surface area contributed by atoms with Crippen molar-refractivity contribution in [3.8, 4) is 0 Å². The molecule has 0 spiro atoms. The van der Waals surface area contributed by atoms with Gasteiger partial charge in [0.15, 0.2) is 0 Å². The lowest BCUT2D eigenvalue weighted by molar-refractivity contribution is 0.0950. The molecular weight excluding hydrogens is 270 g/mol. The highest BCUT2D eigenvalue weighted by molar-refractivity contribution is 7.09. The molecule has 1 heterocycles. The van der Waals surface area contributed by atoms with Gasteiger partial charge < -0.3 is 10.6 Å². The van der Waals surface area contributed by atoms with Gasteiger partial charge in [0.2, 0.25) is 0 Å². The van der Waals surface area contributed by atoms with Crippen molar-refractivity contribution in [2.75, 3.05) is 11.9 Å². The highest BCUT2D eigenvalue weighted by atomic mass is 32.1.